The summed E-state index contributed by atoms with van der Waals surface area (Å²) in [6.07, 6.45) is -4.50. The van der Waals surface area contributed by atoms with Gasteiger partial charge < -0.3 is 14.7 Å². The number of carboxylic acids is 1. The molecule has 1 unspecified atom stereocenters. The van der Waals surface area contributed by atoms with E-state index in [4.69, 9.17) is 14.6 Å². The lowest BCUT2D eigenvalue weighted by Gasteiger charge is -2.31. The summed E-state index contributed by atoms with van der Waals surface area (Å²) in [5, 5.41) is 7.12. The molecule has 1 N–H and O–H groups in total. The molecule has 9 heteroatoms. The lowest BCUT2D eigenvalue weighted by Crippen LogP contribution is -2.40. The molecule has 1 atom stereocenters. The van der Waals surface area contributed by atoms with Gasteiger partial charge in [-0.1, -0.05) is 54.6 Å². The number of hydrogen-bond donors (Lipinski definition) is 1. The first-order chi connectivity index (χ1) is 16.1. The Morgan fingerprint density at radius 1 is 1.06 bits per heavy atom. The maximum Gasteiger partial charge on any atom is 0.490 e. The third-order valence-corrected chi connectivity index (χ3v) is 6.04. The van der Waals surface area contributed by atoms with Crippen LogP contribution in [0.4, 0.5) is 13.2 Å². The molecule has 0 aliphatic carbocycles. The third-order valence-electron chi connectivity index (χ3n) is 6.04. The Morgan fingerprint density at radius 3 is 2.35 bits per heavy atom. The molecule has 2 fully saturated rings. The quantitative estimate of drug-likeness (QED) is 0.723. The number of benzene rings is 2. The van der Waals surface area contributed by atoms with Gasteiger partial charge in [0.15, 0.2) is 0 Å². The van der Waals surface area contributed by atoms with Crippen molar-refractivity contribution >= 4 is 11.9 Å². The fraction of sp³-hybridized carbons (Fsp3) is 0.440. The molecule has 2 aromatic rings. The highest BCUT2D eigenvalue weighted by Crippen LogP contribution is 2.35. The van der Waals surface area contributed by atoms with Crippen LogP contribution in [0.25, 0.3) is 0 Å². The zero-order valence-corrected chi connectivity index (χ0v) is 19.1. The van der Waals surface area contributed by atoms with E-state index in [9.17, 15) is 18.0 Å². The van der Waals surface area contributed by atoms with E-state index in [1.54, 1.807) is 0 Å². The van der Waals surface area contributed by atoms with Crippen LogP contribution >= 0.6 is 0 Å². The van der Waals surface area contributed by atoms with Crippen molar-refractivity contribution in [2.24, 2.45) is 5.41 Å². The monoisotopic (exact) mass is 478 g/mol. The predicted octanol–water partition coefficient (Wildman–Crippen LogP) is 3.88. The molecule has 0 bridgehead atoms. The molecule has 2 aromatic carbocycles. The van der Waals surface area contributed by atoms with Gasteiger partial charge in [0.2, 0.25) is 5.91 Å². The Kier molecular flexibility index (Phi) is 8.33. The number of likely N-dealkylation sites (tertiary alicyclic amines) is 1. The minimum atomic E-state index is -5.08. The second-order valence-corrected chi connectivity index (χ2v) is 8.90. The Morgan fingerprint density at radius 2 is 1.71 bits per heavy atom. The van der Waals surface area contributed by atoms with Crippen LogP contribution < -0.4 is 0 Å². The highest BCUT2D eigenvalue weighted by molar-refractivity contribution is 5.79. The number of amides is 1. The molecule has 4 rings (SSSR count). The van der Waals surface area contributed by atoms with E-state index in [2.05, 4.69) is 48.2 Å². The number of rotatable bonds is 4. The number of alkyl halides is 3. The number of carbonyl (C=O) groups is 2. The van der Waals surface area contributed by atoms with Crippen molar-refractivity contribution < 1.29 is 32.6 Å². The lowest BCUT2D eigenvalue weighted by atomic mass is 9.87. The summed E-state index contributed by atoms with van der Waals surface area (Å²) in [5.41, 5.74) is 3.78. The fourth-order valence-corrected chi connectivity index (χ4v) is 4.38. The number of nitrogens with zero attached hydrogens (tertiary/aromatic N) is 2. The Balaban J connectivity index is 0.000000406. The van der Waals surface area contributed by atoms with Gasteiger partial charge in [-0.3, -0.25) is 9.69 Å². The molecule has 6 nitrogen and oxygen atoms in total. The summed E-state index contributed by atoms with van der Waals surface area (Å²) in [6.45, 7) is 7.81. The SMILES string of the molecule is Cc1ccccc1CN1CCOCC2(CC(=O)N(Cc3ccccc3)C2)C1.O=C(O)C(F)(F)F. The van der Waals surface area contributed by atoms with Crippen molar-refractivity contribution in [2.45, 2.75) is 32.6 Å². The van der Waals surface area contributed by atoms with Crippen LogP contribution in [-0.4, -0.2) is 65.8 Å². The number of hydrogen-bond acceptors (Lipinski definition) is 4. The first kappa shape index (κ1) is 25.7. The van der Waals surface area contributed by atoms with Crippen LogP contribution in [0, 0.1) is 12.3 Å². The van der Waals surface area contributed by atoms with Gasteiger partial charge in [0.25, 0.3) is 0 Å². The second kappa shape index (κ2) is 11.0. The van der Waals surface area contributed by atoms with E-state index in [1.165, 1.54) is 16.7 Å². The van der Waals surface area contributed by atoms with Crippen molar-refractivity contribution in [1.82, 2.24) is 9.80 Å². The highest BCUT2D eigenvalue weighted by atomic mass is 19.4. The Labute approximate surface area is 196 Å². The smallest absolute Gasteiger partial charge is 0.475 e. The first-order valence-electron chi connectivity index (χ1n) is 11.0. The molecule has 0 radical (unpaired) electrons. The summed E-state index contributed by atoms with van der Waals surface area (Å²) >= 11 is 0. The molecule has 1 spiro atoms. The predicted molar refractivity (Wildman–Crippen MR) is 120 cm³/mol. The standard InChI is InChI=1S/C23H28N2O2.C2HF3O2/c1-19-7-5-6-10-21(19)15-24-11-12-27-18-23(16-24)13-22(26)25(17-23)14-20-8-3-2-4-9-20;3-2(4,5)1(6)7/h2-10H,11-18H2,1H3;(H,6,7). The van der Waals surface area contributed by atoms with Crippen molar-refractivity contribution in [3.05, 3.63) is 71.3 Å². The van der Waals surface area contributed by atoms with E-state index in [-0.39, 0.29) is 11.3 Å². The van der Waals surface area contributed by atoms with Gasteiger partial charge in [-0.15, -0.1) is 0 Å². The van der Waals surface area contributed by atoms with Gasteiger partial charge in [0.1, 0.15) is 0 Å². The number of ether oxygens (including phenoxy) is 1. The molecule has 184 valence electrons. The number of aryl methyl sites for hydroxylation is 1. The molecule has 2 heterocycles. The van der Waals surface area contributed by atoms with E-state index in [0.717, 1.165) is 32.8 Å². The molecule has 2 saturated heterocycles. The number of halogens is 3. The molecule has 34 heavy (non-hydrogen) atoms. The number of carbonyl (C=O) groups excluding carboxylic acids is 1. The van der Waals surface area contributed by atoms with Crippen molar-refractivity contribution in [3.63, 3.8) is 0 Å². The number of carboxylic acid groups (broad SMARTS) is 1. The van der Waals surface area contributed by atoms with Crippen LogP contribution in [0.1, 0.15) is 23.1 Å². The molecule has 2 aliphatic heterocycles. The van der Waals surface area contributed by atoms with Gasteiger partial charge >= 0.3 is 12.1 Å². The maximum atomic E-state index is 12.7. The zero-order valence-electron chi connectivity index (χ0n) is 19.1. The molecular formula is C25H29F3N2O4. The summed E-state index contributed by atoms with van der Waals surface area (Å²) in [5.74, 6) is -2.51. The third kappa shape index (κ3) is 7.04. The molecule has 0 aromatic heterocycles. The Bertz CT molecular complexity index is 984. The summed E-state index contributed by atoms with van der Waals surface area (Å²) in [7, 11) is 0. The second-order valence-electron chi connectivity index (χ2n) is 8.90. The normalized spacial score (nSPS) is 21.2. The van der Waals surface area contributed by atoms with Crippen molar-refractivity contribution in [2.75, 3.05) is 32.8 Å². The topological polar surface area (TPSA) is 70.1 Å². The average molecular weight is 479 g/mol. The zero-order chi connectivity index (χ0) is 24.8. The van der Waals surface area contributed by atoms with E-state index in [0.29, 0.717) is 19.6 Å². The van der Waals surface area contributed by atoms with Crippen LogP contribution in [0.5, 0.6) is 0 Å². The van der Waals surface area contributed by atoms with Crippen molar-refractivity contribution in [3.8, 4) is 0 Å². The average Bonchev–Trinajstić information content (AvgIpc) is 2.94. The van der Waals surface area contributed by atoms with Crippen LogP contribution in [-0.2, 0) is 27.4 Å². The highest BCUT2D eigenvalue weighted by Gasteiger charge is 2.45. The largest absolute Gasteiger partial charge is 0.490 e. The molecule has 0 saturated carbocycles. The van der Waals surface area contributed by atoms with E-state index < -0.39 is 12.1 Å². The summed E-state index contributed by atoms with van der Waals surface area (Å²) < 4.78 is 37.7. The van der Waals surface area contributed by atoms with Crippen molar-refractivity contribution in [1.29, 1.82) is 0 Å². The van der Waals surface area contributed by atoms with Crippen LogP contribution in [0.2, 0.25) is 0 Å². The van der Waals surface area contributed by atoms with Gasteiger partial charge in [-0.2, -0.15) is 13.2 Å². The number of aliphatic carboxylic acids is 1. The molecule has 2 aliphatic rings. The Hall–Kier alpha value is -2.91. The van der Waals surface area contributed by atoms with Crippen LogP contribution in [0.3, 0.4) is 0 Å². The molecule has 1 amide bonds. The summed E-state index contributed by atoms with van der Waals surface area (Å²) in [6, 6.07) is 18.8. The minimum Gasteiger partial charge on any atom is -0.475 e. The van der Waals surface area contributed by atoms with Gasteiger partial charge in [-0.25, -0.2) is 4.79 Å². The maximum absolute atomic E-state index is 12.7. The minimum absolute atomic E-state index is 0.0922. The van der Waals surface area contributed by atoms with E-state index in [1.807, 2.05) is 23.1 Å². The van der Waals surface area contributed by atoms with Gasteiger partial charge in [0.05, 0.1) is 13.2 Å². The van der Waals surface area contributed by atoms with Gasteiger partial charge in [0, 0.05) is 44.6 Å². The lowest BCUT2D eigenvalue weighted by molar-refractivity contribution is -0.192. The summed E-state index contributed by atoms with van der Waals surface area (Å²) in [4.78, 5) is 26.1. The molecular weight excluding hydrogens is 449 g/mol. The van der Waals surface area contributed by atoms with E-state index >= 15 is 0 Å². The van der Waals surface area contributed by atoms with Gasteiger partial charge in [-0.05, 0) is 23.6 Å². The fourth-order valence-electron chi connectivity index (χ4n) is 4.38. The van der Waals surface area contributed by atoms with Crippen LogP contribution in [0.15, 0.2) is 54.6 Å². The first-order valence-corrected chi connectivity index (χ1v) is 11.0.